The van der Waals surface area contributed by atoms with Crippen LogP contribution < -0.4 is 5.73 Å². The maximum atomic E-state index is 12.6. The molecule has 0 saturated heterocycles. The average molecular weight is 200 g/mol. The smallest absolute Gasteiger partial charge is 0.267 e. The van der Waals surface area contributed by atoms with Crippen LogP contribution in [-0.4, -0.2) is 10.9 Å². The molecule has 5 heteroatoms. The molecule has 3 nitrogen and oxygen atoms in total. The molecule has 1 aromatic rings. The van der Waals surface area contributed by atoms with Crippen molar-refractivity contribution in [2.24, 2.45) is 5.73 Å². The number of aryl methyl sites for hydroxylation is 1. The molecule has 1 heterocycles. The van der Waals surface area contributed by atoms with Gasteiger partial charge in [0.15, 0.2) is 0 Å². The van der Waals surface area contributed by atoms with Crippen molar-refractivity contribution in [2.75, 3.05) is 0 Å². The fraction of sp³-hybridized carbons (Fsp3) is 0.333. The summed E-state index contributed by atoms with van der Waals surface area (Å²) in [7, 11) is 0. The molecule has 2 N–H and O–H groups in total. The summed E-state index contributed by atoms with van der Waals surface area (Å²) < 4.78 is 25.2. The van der Waals surface area contributed by atoms with Crippen LogP contribution in [-0.2, 0) is 0 Å². The molecule has 0 saturated carbocycles. The van der Waals surface area contributed by atoms with Crippen LogP contribution in [0, 0.1) is 13.8 Å². The maximum absolute atomic E-state index is 12.6. The third-order valence-corrected chi connectivity index (χ3v) is 2.09. The van der Waals surface area contributed by atoms with E-state index in [9.17, 15) is 13.6 Å². The molecule has 0 spiro atoms. The Kier molecular flexibility index (Phi) is 2.78. The number of amides is 1. The van der Waals surface area contributed by atoms with Crippen LogP contribution in [0.15, 0.2) is 6.20 Å². The first-order valence-corrected chi connectivity index (χ1v) is 3.99. The molecule has 0 aromatic carbocycles. The number of hydrogen-bond acceptors (Lipinski definition) is 2. The summed E-state index contributed by atoms with van der Waals surface area (Å²) in [5, 5.41) is 0. The van der Waals surface area contributed by atoms with Gasteiger partial charge in [-0.2, -0.15) is 0 Å². The van der Waals surface area contributed by atoms with Crippen molar-refractivity contribution >= 4 is 5.91 Å². The molecule has 0 fully saturated rings. The summed E-state index contributed by atoms with van der Waals surface area (Å²) in [5.41, 5.74) is 5.21. The fourth-order valence-corrected chi connectivity index (χ4v) is 1.18. The van der Waals surface area contributed by atoms with Crippen molar-refractivity contribution < 1.29 is 13.6 Å². The minimum atomic E-state index is -2.73. The number of carbonyl (C=O) groups is 1. The molecule has 1 amide bonds. The summed E-state index contributed by atoms with van der Waals surface area (Å²) >= 11 is 0. The van der Waals surface area contributed by atoms with Crippen LogP contribution in [0.1, 0.15) is 33.6 Å². The molecular weight excluding hydrogens is 190 g/mol. The predicted octanol–water partition coefficient (Wildman–Crippen LogP) is 1.73. The first-order valence-electron chi connectivity index (χ1n) is 3.99. The van der Waals surface area contributed by atoms with Crippen LogP contribution in [0.5, 0.6) is 0 Å². The van der Waals surface area contributed by atoms with Gasteiger partial charge >= 0.3 is 0 Å². The molecule has 14 heavy (non-hydrogen) atoms. The topological polar surface area (TPSA) is 56.0 Å². The molecule has 0 aliphatic carbocycles. The number of aromatic nitrogens is 1. The summed E-state index contributed by atoms with van der Waals surface area (Å²) in [4.78, 5) is 14.4. The zero-order valence-electron chi connectivity index (χ0n) is 7.84. The number of nitrogens with zero attached hydrogens (tertiary/aromatic N) is 1. The molecule has 0 radical (unpaired) electrons. The lowest BCUT2D eigenvalue weighted by atomic mass is 10.0. The van der Waals surface area contributed by atoms with Gasteiger partial charge in [0.05, 0.1) is 5.56 Å². The van der Waals surface area contributed by atoms with Crippen LogP contribution in [0.25, 0.3) is 0 Å². The van der Waals surface area contributed by atoms with Gasteiger partial charge in [-0.15, -0.1) is 0 Å². The summed E-state index contributed by atoms with van der Waals surface area (Å²) in [6.07, 6.45) is -1.37. The van der Waals surface area contributed by atoms with E-state index in [4.69, 9.17) is 5.73 Å². The number of rotatable bonds is 2. The van der Waals surface area contributed by atoms with Gasteiger partial charge in [0.25, 0.3) is 12.3 Å². The van der Waals surface area contributed by atoms with Crippen molar-refractivity contribution in [3.05, 3.63) is 28.6 Å². The summed E-state index contributed by atoms with van der Waals surface area (Å²) in [6, 6.07) is 0. The highest BCUT2D eigenvalue weighted by Crippen LogP contribution is 2.26. The Morgan fingerprint density at radius 2 is 2.07 bits per heavy atom. The highest BCUT2D eigenvalue weighted by molar-refractivity contribution is 5.92. The minimum absolute atomic E-state index is 0.344. The number of hydrogen-bond donors (Lipinski definition) is 1. The van der Waals surface area contributed by atoms with Gasteiger partial charge in [0.2, 0.25) is 0 Å². The van der Waals surface area contributed by atoms with Gasteiger partial charge in [-0.25, -0.2) is 8.78 Å². The predicted molar refractivity (Wildman–Crippen MR) is 47.2 cm³/mol. The lowest BCUT2D eigenvalue weighted by molar-refractivity contribution is 0.0979. The molecule has 0 aliphatic heterocycles. The standard InChI is InChI=1S/C9H10F2N2O/c1-4-3-13-7(9(12)14)6(5(4)2)8(10)11/h3,8H,1-2H3,(H2,12,14). The number of nitrogens with two attached hydrogens (primary N) is 1. The highest BCUT2D eigenvalue weighted by atomic mass is 19.3. The quantitative estimate of drug-likeness (QED) is 0.790. The first kappa shape index (κ1) is 10.6. The number of pyridine rings is 1. The van der Waals surface area contributed by atoms with E-state index in [0.29, 0.717) is 11.1 Å². The second-order valence-corrected chi connectivity index (χ2v) is 2.99. The molecule has 0 atom stereocenters. The van der Waals surface area contributed by atoms with Crippen molar-refractivity contribution in [3.8, 4) is 0 Å². The lowest BCUT2D eigenvalue weighted by Gasteiger charge is -2.10. The van der Waals surface area contributed by atoms with E-state index in [2.05, 4.69) is 4.98 Å². The Labute approximate surface area is 79.9 Å². The SMILES string of the molecule is Cc1cnc(C(N)=O)c(C(F)F)c1C. The molecule has 1 rings (SSSR count). The van der Waals surface area contributed by atoms with Crippen LogP contribution in [0.2, 0.25) is 0 Å². The number of halogens is 2. The molecule has 0 aliphatic rings. The zero-order chi connectivity index (χ0) is 10.9. The largest absolute Gasteiger partial charge is 0.364 e. The van der Waals surface area contributed by atoms with Gasteiger partial charge in [0, 0.05) is 6.20 Å². The zero-order valence-corrected chi connectivity index (χ0v) is 7.84. The van der Waals surface area contributed by atoms with Crippen LogP contribution in [0.4, 0.5) is 8.78 Å². The normalized spacial score (nSPS) is 10.6. The Morgan fingerprint density at radius 3 is 2.50 bits per heavy atom. The summed E-state index contributed by atoms with van der Waals surface area (Å²) in [5.74, 6) is -0.927. The third-order valence-electron chi connectivity index (χ3n) is 2.09. The van der Waals surface area contributed by atoms with E-state index in [0.717, 1.165) is 0 Å². The summed E-state index contributed by atoms with van der Waals surface area (Å²) in [6.45, 7) is 3.17. The fourth-order valence-electron chi connectivity index (χ4n) is 1.18. The van der Waals surface area contributed by atoms with Gasteiger partial charge in [-0.05, 0) is 25.0 Å². The Morgan fingerprint density at radius 1 is 1.50 bits per heavy atom. The maximum Gasteiger partial charge on any atom is 0.267 e. The van der Waals surface area contributed by atoms with Crippen molar-refractivity contribution in [1.29, 1.82) is 0 Å². The van der Waals surface area contributed by atoms with Crippen molar-refractivity contribution in [1.82, 2.24) is 4.98 Å². The minimum Gasteiger partial charge on any atom is -0.364 e. The van der Waals surface area contributed by atoms with E-state index in [1.54, 1.807) is 6.92 Å². The second kappa shape index (κ2) is 3.69. The van der Waals surface area contributed by atoms with E-state index in [-0.39, 0.29) is 11.3 Å². The third kappa shape index (κ3) is 1.71. The van der Waals surface area contributed by atoms with E-state index >= 15 is 0 Å². The van der Waals surface area contributed by atoms with Gasteiger partial charge in [0.1, 0.15) is 5.69 Å². The second-order valence-electron chi connectivity index (χ2n) is 2.99. The highest BCUT2D eigenvalue weighted by Gasteiger charge is 2.21. The van der Waals surface area contributed by atoms with E-state index in [1.165, 1.54) is 13.1 Å². The number of carbonyl (C=O) groups excluding carboxylic acids is 1. The van der Waals surface area contributed by atoms with E-state index in [1.807, 2.05) is 0 Å². The van der Waals surface area contributed by atoms with Gasteiger partial charge in [-0.1, -0.05) is 0 Å². The lowest BCUT2D eigenvalue weighted by Crippen LogP contribution is -2.17. The van der Waals surface area contributed by atoms with Crippen molar-refractivity contribution in [2.45, 2.75) is 20.3 Å². The molecular formula is C9H10F2N2O. The average Bonchev–Trinajstić information content (AvgIpc) is 2.08. The number of primary amides is 1. The van der Waals surface area contributed by atoms with Crippen molar-refractivity contribution in [3.63, 3.8) is 0 Å². The Bertz CT molecular complexity index is 377. The Balaban J connectivity index is 3.45. The Hall–Kier alpha value is -1.52. The number of alkyl halides is 2. The molecule has 0 bridgehead atoms. The molecule has 1 aromatic heterocycles. The molecule has 76 valence electrons. The molecule has 0 unspecified atom stereocenters. The van der Waals surface area contributed by atoms with Gasteiger partial charge < -0.3 is 5.73 Å². The van der Waals surface area contributed by atoms with Gasteiger partial charge in [-0.3, -0.25) is 9.78 Å². The van der Waals surface area contributed by atoms with Crippen LogP contribution >= 0.6 is 0 Å². The first-order chi connectivity index (χ1) is 6.45. The van der Waals surface area contributed by atoms with E-state index < -0.39 is 12.3 Å². The monoisotopic (exact) mass is 200 g/mol. The van der Waals surface area contributed by atoms with Crippen LogP contribution in [0.3, 0.4) is 0 Å².